The summed E-state index contributed by atoms with van der Waals surface area (Å²) in [4.78, 5) is 18.2. The number of carbonyl (C=O) groups is 1. The van der Waals surface area contributed by atoms with Crippen LogP contribution in [0.1, 0.15) is 57.6 Å². The van der Waals surface area contributed by atoms with Gasteiger partial charge in [0.15, 0.2) is 5.11 Å². The third-order valence-electron chi connectivity index (χ3n) is 6.88. The third kappa shape index (κ3) is 4.16. The molecular formula is C29H28N4O2S. The van der Waals surface area contributed by atoms with Crippen LogP contribution in [-0.2, 0) is 6.42 Å². The Morgan fingerprint density at radius 1 is 1.03 bits per heavy atom. The molecular weight excluding hydrogens is 468 g/mol. The Kier molecular flexibility index (Phi) is 6.33. The van der Waals surface area contributed by atoms with Gasteiger partial charge in [-0.1, -0.05) is 25.1 Å². The van der Waals surface area contributed by atoms with Crippen LogP contribution in [0.15, 0.2) is 79.0 Å². The van der Waals surface area contributed by atoms with Crippen LogP contribution in [0.5, 0.6) is 0 Å². The highest BCUT2D eigenvalue weighted by Crippen LogP contribution is 2.43. The van der Waals surface area contributed by atoms with Crippen LogP contribution >= 0.6 is 12.2 Å². The third-order valence-corrected chi connectivity index (χ3v) is 7.20. The van der Waals surface area contributed by atoms with Gasteiger partial charge in [0.1, 0.15) is 0 Å². The number of thiocarbonyl (C=S) groups is 1. The van der Waals surface area contributed by atoms with E-state index in [9.17, 15) is 9.90 Å². The summed E-state index contributed by atoms with van der Waals surface area (Å²) in [6.07, 6.45) is 2.79. The lowest BCUT2D eigenvalue weighted by Crippen LogP contribution is -2.29. The quantitative estimate of drug-likeness (QED) is 0.323. The fourth-order valence-corrected chi connectivity index (χ4v) is 5.42. The fraction of sp³-hybridized carbons (Fsp3) is 0.207. The SMILES string of the molecule is CCc1ccc(N2C(=S)N[C@H](c3ccccn3)[C@H]2c2cc(C)n(-c3ccc(C(=O)O)cc3)c2C)cc1. The zero-order valence-corrected chi connectivity index (χ0v) is 21.3. The molecule has 5 rings (SSSR count). The summed E-state index contributed by atoms with van der Waals surface area (Å²) in [5.41, 5.74) is 7.69. The van der Waals surface area contributed by atoms with Gasteiger partial charge in [0.2, 0.25) is 0 Å². The zero-order chi connectivity index (χ0) is 25.4. The molecule has 2 atom stereocenters. The average Bonchev–Trinajstić information content (AvgIpc) is 3.39. The van der Waals surface area contributed by atoms with E-state index in [1.54, 1.807) is 12.1 Å². The number of rotatable bonds is 6. The van der Waals surface area contributed by atoms with Crippen LogP contribution in [0.3, 0.4) is 0 Å². The van der Waals surface area contributed by atoms with E-state index in [4.69, 9.17) is 12.2 Å². The monoisotopic (exact) mass is 496 g/mol. The van der Waals surface area contributed by atoms with E-state index < -0.39 is 5.97 Å². The van der Waals surface area contributed by atoms with Crippen molar-refractivity contribution in [3.05, 3.63) is 113 Å². The Labute approximate surface area is 216 Å². The molecule has 1 saturated heterocycles. The second-order valence-electron chi connectivity index (χ2n) is 9.03. The minimum absolute atomic E-state index is 0.113. The molecule has 2 aromatic carbocycles. The van der Waals surface area contributed by atoms with Crippen LogP contribution < -0.4 is 10.2 Å². The van der Waals surface area contributed by atoms with E-state index in [1.165, 1.54) is 5.56 Å². The Balaban J connectivity index is 1.64. The molecule has 6 nitrogen and oxygen atoms in total. The van der Waals surface area contributed by atoms with Gasteiger partial charge < -0.3 is 19.9 Å². The first-order valence-electron chi connectivity index (χ1n) is 12.0. The number of carboxylic acids is 1. The number of aromatic nitrogens is 2. The number of nitrogens with zero attached hydrogens (tertiary/aromatic N) is 3. The summed E-state index contributed by atoms with van der Waals surface area (Å²) in [5, 5.41) is 13.5. The highest BCUT2D eigenvalue weighted by atomic mass is 32.1. The van der Waals surface area contributed by atoms with Crippen molar-refractivity contribution < 1.29 is 9.90 Å². The van der Waals surface area contributed by atoms with Gasteiger partial charge >= 0.3 is 5.97 Å². The molecule has 2 aromatic heterocycles. The van der Waals surface area contributed by atoms with E-state index in [-0.39, 0.29) is 17.6 Å². The summed E-state index contributed by atoms with van der Waals surface area (Å²) < 4.78 is 2.16. The Morgan fingerprint density at radius 2 is 1.72 bits per heavy atom. The molecule has 0 unspecified atom stereocenters. The topological polar surface area (TPSA) is 70.4 Å². The van der Waals surface area contributed by atoms with Gasteiger partial charge in [-0.25, -0.2) is 4.79 Å². The summed E-state index contributed by atoms with van der Waals surface area (Å²) in [7, 11) is 0. The molecule has 0 aliphatic carbocycles. The maximum absolute atomic E-state index is 11.3. The Hall–Kier alpha value is -3.97. The molecule has 0 saturated carbocycles. The molecule has 3 heterocycles. The molecule has 182 valence electrons. The van der Waals surface area contributed by atoms with Crippen molar-refractivity contribution in [3.63, 3.8) is 0 Å². The van der Waals surface area contributed by atoms with Crippen molar-refractivity contribution in [3.8, 4) is 5.69 Å². The summed E-state index contributed by atoms with van der Waals surface area (Å²) >= 11 is 5.88. The molecule has 7 heteroatoms. The molecule has 1 aliphatic heterocycles. The number of nitrogens with one attached hydrogen (secondary N) is 1. The number of anilines is 1. The number of benzene rings is 2. The summed E-state index contributed by atoms with van der Waals surface area (Å²) in [6.45, 7) is 6.32. The van der Waals surface area contributed by atoms with Crippen molar-refractivity contribution in [1.29, 1.82) is 0 Å². The molecule has 0 spiro atoms. The molecule has 4 aromatic rings. The second kappa shape index (κ2) is 9.59. The van der Waals surface area contributed by atoms with E-state index in [0.29, 0.717) is 5.11 Å². The maximum Gasteiger partial charge on any atom is 0.335 e. The van der Waals surface area contributed by atoms with Gasteiger partial charge in [0, 0.05) is 29.0 Å². The molecule has 0 radical (unpaired) electrons. The minimum atomic E-state index is -0.934. The van der Waals surface area contributed by atoms with Gasteiger partial charge in [-0.3, -0.25) is 4.98 Å². The lowest BCUT2D eigenvalue weighted by Gasteiger charge is -2.28. The highest BCUT2D eigenvalue weighted by Gasteiger charge is 2.42. The molecule has 0 bridgehead atoms. The first-order valence-corrected chi connectivity index (χ1v) is 12.4. The molecule has 0 amide bonds. The van der Waals surface area contributed by atoms with Crippen molar-refractivity contribution in [2.24, 2.45) is 0 Å². The van der Waals surface area contributed by atoms with Crippen molar-refractivity contribution in [2.75, 3.05) is 4.90 Å². The smallest absolute Gasteiger partial charge is 0.335 e. The lowest BCUT2D eigenvalue weighted by molar-refractivity contribution is 0.0697. The highest BCUT2D eigenvalue weighted by molar-refractivity contribution is 7.80. The molecule has 1 aliphatic rings. The largest absolute Gasteiger partial charge is 0.478 e. The minimum Gasteiger partial charge on any atom is -0.478 e. The lowest BCUT2D eigenvalue weighted by atomic mass is 9.96. The second-order valence-corrected chi connectivity index (χ2v) is 9.42. The van der Waals surface area contributed by atoms with Crippen molar-refractivity contribution >= 4 is 29.0 Å². The molecule has 1 fully saturated rings. The van der Waals surface area contributed by atoms with Crippen LogP contribution in [-0.4, -0.2) is 25.7 Å². The summed E-state index contributed by atoms with van der Waals surface area (Å²) in [6, 6.07) is 23.4. The standard InChI is InChI=1S/C29H28N4O2S/c1-4-20-8-12-23(13-9-20)33-27(26(31-29(33)36)25-7-5-6-16-30-25)24-17-18(2)32(19(24)3)22-14-10-21(11-15-22)28(34)35/h5-17,26-27H,4H2,1-3H3,(H,31,36)(H,34,35)/t26-,27-/m1/s1. The van der Waals surface area contributed by atoms with Crippen LogP contribution in [0.25, 0.3) is 5.69 Å². The first kappa shape index (κ1) is 23.8. The van der Waals surface area contributed by atoms with Crippen molar-refractivity contribution in [1.82, 2.24) is 14.9 Å². The number of aromatic carboxylic acids is 1. The Bertz CT molecular complexity index is 1410. The summed E-state index contributed by atoms with van der Waals surface area (Å²) in [5.74, 6) is -0.934. The van der Waals surface area contributed by atoms with E-state index in [2.05, 4.69) is 70.9 Å². The van der Waals surface area contributed by atoms with Crippen LogP contribution in [0.4, 0.5) is 5.69 Å². The van der Waals surface area contributed by atoms with E-state index in [1.807, 2.05) is 36.5 Å². The predicted molar refractivity (Wildman–Crippen MR) is 146 cm³/mol. The van der Waals surface area contributed by atoms with Crippen LogP contribution in [0.2, 0.25) is 0 Å². The van der Waals surface area contributed by atoms with E-state index >= 15 is 0 Å². The van der Waals surface area contributed by atoms with E-state index in [0.717, 1.165) is 40.4 Å². The normalized spacial score (nSPS) is 17.3. The van der Waals surface area contributed by atoms with Crippen molar-refractivity contribution in [2.45, 2.75) is 39.3 Å². The van der Waals surface area contributed by atoms with Gasteiger partial charge in [0.25, 0.3) is 0 Å². The maximum atomic E-state index is 11.3. The number of pyridine rings is 1. The number of aryl methyl sites for hydroxylation is 2. The number of hydrogen-bond acceptors (Lipinski definition) is 3. The van der Waals surface area contributed by atoms with Gasteiger partial charge in [-0.2, -0.15) is 0 Å². The fourth-order valence-electron chi connectivity index (χ4n) is 5.08. The van der Waals surface area contributed by atoms with Gasteiger partial charge in [0.05, 0.1) is 23.3 Å². The van der Waals surface area contributed by atoms with Gasteiger partial charge in [-0.15, -0.1) is 0 Å². The van der Waals surface area contributed by atoms with Gasteiger partial charge in [-0.05, 0) is 98.2 Å². The zero-order valence-electron chi connectivity index (χ0n) is 20.5. The molecule has 2 N–H and O–H groups in total. The number of hydrogen-bond donors (Lipinski definition) is 2. The van der Waals surface area contributed by atoms with Crippen LogP contribution in [0, 0.1) is 13.8 Å². The number of carboxylic acid groups (broad SMARTS) is 1. The Morgan fingerprint density at radius 3 is 2.33 bits per heavy atom. The predicted octanol–water partition coefficient (Wildman–Crippen LogP) is 5.93. The molecule has 36 heavy (non-hydrogen) atoms. The first-order chi connectivity index (χ1) is 17.4. The average molecular weight is 497 g/mol.